The first-order valence-corrected chi connectivity index (χ1v) is 5.06. The van der Waals surface area contributed by atoms with E-state index in [1.54, 1.807) is 30.3 Å². The molecule has 1 aromatic rings. The van der Waals surface area contributed by atoms with Crippen molar-refractivity contribution in [3.8, 4) is 0 Å². The number of hydrogen-bond acceptors (Lipinski definition) is 2. The zero-order chi connectivity index (χ0) is 12.1. The van der Waals surface area contributed by atoms with Crippen LogP contribution in [0.2, 0.25) is 0 Å². The predicted octanol–water partition coefficient (Wildman–Crippen LogP) is 2.79. The second kappa shape index (κ2) is 5.26. The molecule has 0 aromatic heterocycles. The summed E-state index contributed by atoms with van der Waals surface area (Å²) in [7, 11) is 0. The topological polar surface area (TPSA) is 46.2 Å². The van der Waals surface area contributed by atoms with E-state index in [2.05, 4.69) is 5.32 Å². The Morgan fingerprint density at radius 3 is 2.44 bits per heavy atom. The quantitative estimate of drug-likeness (QED) is 0.625. The largest absolute Gasteiger partial charge is 0.326 e. The highest BCUT2D eigenvalue weighted by molar-refractivity contribution is 6.05. The monoisotopic (exact) mass is 217 g/mol. The van der Waals surface area contributed by atoms with Gasteiger partial charge in [0, 0.05) is 18.2 Å². The molecule has 1 aromatic carbocycles. The third-order valence-electron chi connectivity index (χ3n) is 1.89. The van der Waals surface area contributed by atoms with Gasteiger partial charge in [0.05, 0.1) is 0 Å². The number of allylic oxidation sites excluding steroid dienone is 2. The van der Waals surface area contributed by atoms with Crippen LogP contribution in [0.1, 0.15) is 31.1 Å². The standard InChI is InChI=1S/C13H15NO2/c1-9(2)7-13(16)11-5-4-6-12(8-11)14-10(3)15/h4-8H,1-3H3,(H,14,15). The smallest absolute Gasteiger partial charge is 0.221 e. The molecule has 0 aliphatic heterocycles. The SMILES string of the molecule is CC(=O)Nc1cccc(C(=O)C=C(C)C)c1. The molecule has 84 valence electrons. The van der Waals surface area contributed by atoms with Crippen molar-refractivity contribution in [2.45, 2.75) is 20.8 Å². The van der Waals surface area contributed by atoms with Gasteiger partial charge in [-0.1, -0.05) is 17.7 Å². The summed E-state index contributed by atoms with van der Waals surface area (Å²) < 4.78 is 0. The van der Waals surface area contributed by atoms with Crippen molar-refractivity contribution in [3.05, 3.63) is 41.5 Å². The lowest BCUT2D eigenvalue weighted by molar-refractivity contribution is -0.114. The second-order valence-electron chi connectivity index (χ2n) is 3.85. The van der Waals surface area contributed by atoms with Gasteiger partial charge >= 0.3 is 0 Å². The average molecular weight is 217 g/mol. The summed E-state index contributed by atoms with van der Waals surface area (Å²) in [6, 6.07) is 6.90. The van der Waals surface area contributed by atoms with Crippen LogP contribution in [0, 0.1) is 0 Å². The van der Waals surface area contributed by atoms with E-state index in [1.807, 2.05) is 13.8 Å². The van der Waals surface area contributed by atoms with Gasteiger partial charge in [-0.15, -0.1) is 0 Å². The molecule has 0 saturated carbocycles. The molecule has 0 bridgehead atoms. The van der Waals surface area contributed by atoms with Crippen molar-refractivity contribution in [3.63, 3.8) is 0 Å². The Morgan fingerprint density at radius 1 is 1.19 bits per heavy atom. The molecule has 3 heteroatoms. The van der Waals surface area contributed by atoms with Crippen LogP contribution >= 0.6 is 0 Å². The molecule has 1 rings (SSSR count). The Bertz CT molecular complexity index is 443. The Morgan fingerprint density at radius 2 is 1.88 bits per heavy atom. The van der Waals surface area contributed by atoms with Crippen LogP contribution in [-0.2, 0) is 4.79 Å². The molecule has 1 amide bonds. The number of amides is 1. The highest BCUT2D eigenvalue weighted by Crippen LogP contribution is 2.12. The minimum absolute atomic E-state index is 0.0489. The molecule has 16 heavy (non-hydrogen) atoms. The number of ketones is 1. The van der Waals surface area contributed by atoms with Crippen LogP contribution in [-0.4, -0.2) is 11.7 Å². The summed E-state index contributed by atoms with van der Waals surface area (Å²) in [4.78, 5) is 22.6. The number of anilines is 1. The van der Waals surface area contributed by atoms with Crippen LogP contribution in [0.25, 0.3) is 0 Å². The van der Waals surface area contributed by atoms with Crippen LogP contribution in [0.3, 0.4) is 0 Å². The molecule has 0 aliphatic carbocycles. The van der Waals surface area contributed by atoms with Gasteiger partial charge in [0.2, 0.25) is 5.91 Å². The summed E-state index contributed by atoms with van der Waals surface area (Å²) in [5, 5.41) is 2.64. The van der Waals surface area contributed by atoms with Crippen LogP contribution < -0.4 is 5.32 Å². The van der Waals surface area contributed by atoms with Crippen LogP contribution in [0.4, 0.5) is 5.69 Å². The maximum atomic E-state index is 11.7. The molecule has 0 spiro atoms. The van der Waals surface area contributed by atoms with Gasteiger partial charge in [-0.2, -0.15) is 0 Å². The lowest BCUT2D eigenvalue weighted by Gasteiger charge is -2.03. The van der Waals surface area contributed by atoms with Gasteiger partial charge in [-0.25, -0.2) is 0 Å². The fourth-order valence-corrected chi connectivity index (χ4v) is 1.30. The van der Waals surface area contributed by atoms with Crippen LogP contribution in [0.15, 0.2) is 35.9 Å². The van der Waals surface area contributed by atoms with E-state index in [1.165, 1.54) is 6.92 Å². The molecule has 0 aliphatic rings. The highest BCUT2D eigenvalue weighted by atomic mass is 16.1. The first kappa shape index (κ1) is 12.2. The Balaban J connectivity index is 2.94. The molecule has 0 radical (unpaired) electrons. The summed E-state index contributed by atoms with van der Waals surface area (Å²) in [6.45, 7) is 5.18. The predicted molar refractivity (Wildman–Crippen MR) is 64.5 cm³/mol. The molecule has 0 unspecified atom stereocenters. The summed E-state index contributed by atoms with van der Waals surface area (Å²) in [5.74, 6) is -0.195. The van der Waals surface area contributed by atoms with Gasteiger partial charge in [0.15, 0.2) is 5.78 Å². The van der Waals surface area contributed by atoms with E-state index in [9.17, 15) is 9.59 Å². The van der Waals surface area contributed by atoms with Gasteiger partial charge in [-0.3, -0.25) is 9.59 Å². The van der Waals surface area contributed by atoms with Crippen molar-refractivity contribution in [2.24, 2.45) is 0 Å². The van der Waals surface area contributed by atoms with Gasteiger partial charge < -0.3 is 5.32 Å². The maximum Gasteiger partial charge on any atom is 0.221 e. The highest BCUT2D eigenvalue weighted by Gasteiger charge is 2.03. The van der Waals surface area contributed by atoms with Crippen molar-refractivity contribution >= 4 is 17.4 Å². The fourth-order valence-electron chi connectivity index (χ4n) is 1.30. The summed E-state index contributed by atoms with van der Waals surface area (Å²) >= 11 is 0. The second-order valence-corrected chi connectivity index (χ2v) is 3.85. The van der Waals surface area contributed by atoms with E-state index in [0.717, 1.165) is 5.57 Å². The molecule has 0 saturated heterocycles. The average Bonchev–Trinajstić information content (AvgIpc) is 2.16. The number of carbonyl (C=O) groups excluding carboxylic acids is 2. The Labute approximate surface area is 95.2 Å². The van der Waals surface area contributed by atoms with Crippen molar-refractivity contribution in [2.75, 3.05) is 5.32 Å². The first-order valence-electron chi connectivity index (χ1n) is 5.06. The third kappa shape index (κ3) is 3.69. The number of benzene rings is 1. The van der Waals surface area contributed by atoms with E-state index in [4.69, 9.17) is 0 Å². The Hall–Kier alpha value is -1.90. The molecule has 3 nitrogen and oxygen atoms in total. The zero-order valence-corrected chi connectivity index (χ0v) is 9.70. The van der Waals surface area contributed by atoms with Crippen molar-refractivity contribution in [1.82, 2.24) is 0 Å². The van der Waals surface area contributed by atoms with E-state index < -0.39 is 0 Å². The lowest BCUT2D eigenvalue weighted by atomic mass is 10.1. The number of nitrogens with one attached hydrogen (secondary N) is 1. The molecular formula is C13H15NO2. The van der Waals surface area contributed by atoms with Crippen LogP contribution in [0.5, 0.6) is 0 Å². The van der Waals surface area contributed by atoms with E-state index in [0.29, 0.717) is 11.3 Å². The lowest BCUT2D eigenvalue weighted by Crippen LogP contribution is -2.06. The van der Waals surface area contributed by atoms with Crippen molar-refractivity contribution in [1.29, 1.82) is 0 Å². The maximum absolute atomic E-state index is 11.7. The summed E-state index contributed by atoms with van der Waals surface area (Å²) in [5.41, 5.74) is 2.17. The minimum Gasteiger partial charge on any atom is -0.326 e. The number of carbonyl (C=O) groups is 2. The van der Waals surface area contributed by atoms with Gasteiger partial charge in [-0.05, 0) is 32.1 Å². The zero-order valence-electron chi connectivity index (χ0n) is 9.70. The number of hydrogen-bond donors (Lipinski definition) is 1. The molecular weight excluding hydrogens is 202 g/mol. The minimum atomic E-state index is -0.146. The van der Waals surface area contributed by atoms with Crippen molar-refractivity contribution < 1.29 is 9.59 Å². The first-order chi connectivity index (χ1) is 7.49. The normalized spacial score (nSPS) is 9.44. The Kier molecular flexibility index (Phi) is 4.00. The molecule has 0 heterocycles. The number of rotatable bonds is 3. The van der Waals surface area contributed by atoms with E-state index >= 15 is 0 Å². The third-order valence-corrected chi connectivity index (χ3v) is 1.89. The fraction of sp³-hybridized carbons (Fsp3) is 0.231. The van der Waals surface area contributed by atoms with Gasteiger partial charge in [0.25, 0.3) is 0 Å². The summed E-state index contributed by atoms with van der Waals surface area (Å²) in [6.07, 6.45) is 1.58. The molecule has 0 fully saturated rings. The molecule has 1 N–H and O–H groups in total. The molecule has 0 atom stereocenters. The van der Waals surface area contributed by atoms with E-state index in [-0.39, 0.29) is 11.7 Å². The van der Waals surface area contributed by atoms with Gasteiger partial charge in [0.1, 0.15) is 0 Å².